The highest BCUT2D eigenvalue weighted by atomic mass is 16.5. The third-order valence-corrected chi connectivity index (χ3v) is 6.76. The molecule has 0 aliphatic carbocycles. The number of ketones is 1. The SMILES string of the molecule is CCCCCCCCCCc1ccc(Oc2ccc3ccccc3[n+]2CC(=O)c2ccccc2)cc1. The zero-order chi connectivity index (χ0) is 25.0. The van der Waals surface area contributed by atoms with Gasteiger partial charge in [0.15, 0.2) is 0 Å². The topological polar surface area (TPSA) is 30.2 Å². The van der Waals surface area contributed by atoms with Crippen molar-refractivity contribution in [1.29, 1.82) is 0 Å². The highest BCUT2D eigenvalue weighted by Gasteiger charge is 2.22. The summed E-state index contributed by atoms with van der Waals surface area (Å²) in [5, 5.41) is 1.08. The van der Waals surface area contributed by atoms with Crippen LogP contribution in [-0.4, -0.2) is 5.78 Å². The molecule has 0 fully saturated rings. The standard InChI is InChI=1S/C33H38NO2/c1-2-3-4-5-6-7-8-10-15-27-20-23-30(24-21-27)36-33-25-22-28-16-13-14-19-31(28)34(33)26-32(35)29-17-11-9-12-18-29/h9,11-14,16-25H,2-8,10,15,26H2,1H3/q+1. The maximum Gasteiger partial charge on any atom is 0.374 e. The molecule has 0 saturated heterocycles. The van der Waals surface area contributed by atoms with Gasteiger partial charge < -0.3 is 4.74 Å². The molecular weight excluding hydrogens is 442 g/mol. The summed E-state index contributed by atoms with van der Waals surface area (Å²) >= 11 is 0. The summed E-state index contributed by atoms with van der Waals surface area (Å²) in [5.41, 5.74) is 3.03. The first-order valence-corrected chi connectivity index (χ1v) is 13.5. The third kappa shape index (κ3) is 7.27. The minimum atomic E-state index is 0.0579. The lowest BCUT2D eigenvalue weighted by Crippen LogP contribution is -2.40. The van der Waals surface area contributed by atoms with E-state index in [1.54, 1.807) is 0 Å². The van der Waals surface area contributed by atoms with E-state index in [9.17, 15) is 4.79 Å². The van der Waals surface area contributed by atoms with Crippen molar-refractivity contribution in [3.8, 4) is 11.6 Å². The molecule has 0 aliphatic rings. The summed E-state index contributed by atoms with van der Waals surface area (Å²) in [6, 6.07) is 29.9. The van der Waals surface area contributed by atoms with Crippen LogP contribution in [0.25, 0.3) is 10.9 Å². The molecule has 4 rings (SSSR count). The van der Waals surface area contributed by atoms with Gasteiger partial charge in [0.2, 0.25) is 17.8 Å². The lowest BCUT2D eigenvalue weighted by molar-refractivity contribution is -0.661. The minimum absolute atomic E-state index is 0.0579. The van der Waals surface area contributed by atoms with Crippen LogP contribution in [0.1, 0.15) is 74.2 Å². The van der Waals surface area contributed by atoms with E-state index < -0.39 is 0 Å². The molecule has 1 aromatic heterocycles. The smallest absolute Gasteiger partial charge is 0.374 e. The first-order chi connectivity index (χ1) is 17.7. The summed E-state index contributed by atoms with van der Waals surface area (Å²) in [5.74, 6) is 1.50. The van der Waals surface area contributed by atoms with Gasteiger partial charge in [-0.25, -0.2) is 0 Å². The van der Waals surface area contributed by atoms with Gasteiger partial charge in [-0.05, 0) is 42.7 Å². The van der Waals surface area contributed by atoms with Crippen molar-refractivity contribution >= 4 is 16.7 Å². The van der Waals surface area contributed by atoms with Crippen LogP contribution >= 0.6 is 0 Å². The largest absolute Gasteiger partial charge is 0.405 e. The van der Waals surface area contributed by atoms with E-state index in [2.05, 4.69) is 25.1 Å². The van der Waals surface area contributed by atoms with E-state index in [1.807, 2.05) is 77.4 Å². The van der Waals surface area contributed by atoms with Gasteiger partial charge in [0, 0.05) is 17.0 Å². The van der Waals surface area contributed by atoms with Crippen LogP contribution in [0.3, 0.4) is 0 Å². The van der Waals surface area contributed by atoms with Gasteiger partial charge in [-0.1, -0.05) is 106 Å². The Labute approximate surface area is 215 Å². The Kier molecular flexibility index (Phi) is 9.67. The number of unbranched alkanes of at least 4 members (excludes halogenated alkanes) is 7. The van der Waals surface area contributed by atoms with Crippen molar-refractivity contribution in [2.75, 3.05) is 0 Å². The van der Waals surface area contributed by atoms with Crippen molar-refractivity contribution in [3.63, 3.8) is 0 Å². The number of carbonyl (C=O) groups is 1. The lowest BCUT2D eigenvalue weighted by Gasteiger charge is -2.09. The van der Waals surface area contributed by atoms with Gasteiger partial charge in [-0.3, -0.25) is 4.79 Å². The second kappa shape index (κ2) is 13.6. The fourth-order valence-corrected chi connectivity index (χ4v) is 4.66. The molecule has 3 aromatic carbocycles. The number of hydrogen-bond donors (Lipinski definition) is 0. The number of Topliss-reactive ketones (excluding diaryl/α,β-unsaturated/α-hetero) is 1. The van der Waals surface area contributed by atoms with Crippen LogP contribution in [0.4, 0.5) is 0 Å². The van der Waals surface area contributed by atoms with E-state index in [1.165, 1.54) is 56.9 Å². The molecule has 0 radical (unpaired) electrons. The van der Waals surface area contributed by atoms with Crippen LogP contribution in [0.15, 0.2) is 91.0 Å². The van der Waals surface area contributed by atoms with Gasteiger partial charge >= 0.3 is 5.88 Å². The maximum absolute atomic E-state index is 13.0. The molecule has 0 saturated carbocycles. The van der Waals surface area contributed by atoms with Gasteiger partial charge in [0.05, 0.1) is 6.07 Å². The molecule has 4 aromatic rings. The van der Waals surface area contributed by atoms with Crippen molar-refractivity contribution in [3.05, 3.63) is 102 Å². The van der Waals surface area contributed by atoms with Crippen molar-refractivity contribution < 1.29 is 14.1 Å². The number of carbonyl (C=O) groups excluding carboxylic acids is 1. The number of aromatic nitrogens is 1. The normalized spacial score (nSPS) is 11.0. The molecule has 186 valence electrons. The van der Waals surface area contributed by atoms with Crippen LogP contribution in [0.2, 0.25) is 0 Å². The first-order valence-electron chi connectivity index (χ1n) is 13.5. The first kappa shape index (κ1) is 25.6. The van der Waals surface area contributed by atoms with E-state index in [0.29, 0.717) is 11.4 Å². The number of ether oxygens (including phenoxy) is 1. The van der Waals surface area contributed by atoms with Crippen molar-refractivity contribution in [1.82, 2.24) is 0 Å². The van der Waals surface area contributed by atoms with Crippen LogP contribution in [0, 0.1) is 0 Å². The van der Waals surface area contributed by atoms with Gasteiger partial charge in [0.25, 0.3) is 0 Å². The number of fused-ring (bicyclic) bond motifs is 1. The molecular formula is C33H38NO2+. The second-order valence-electron chi connectivity index (χ2n) is 9.58. The van der Waals surface area contributed by atoms with Gasteiger partial charge in [0.1, 0.15) is 5.75 Å². The van der Waals surface area contributed by atoms with E-state index in [0.717, 1.165) is 23.1 Å². The quantitative estimate of drug-likeness (QED) is 0.103. The highest BCUT2D eigenvalue weighted by molar-refractivity contribution is 5.95. The number of hydrogen-bond acceptors (Lipinski definition) is 2. The Morgan fingerprint density at radius 2 is 1.36 bits per heavy atom. The molecule has 0 atom stereocenters. The molecule has 3 heteroatoms. The Balaban J connectivity index is 1.40. The molecule has 0 amide bonds. The average molecular weight is 481 g/mol. The van der Waals surface area contributed by atoms with Crippen molar-refractivity contribution in [2.45, 2.75) is 71.3 Å². The molecule has 1 heterocycles. The van der Waals surface area contributed by atoms with Crippen LogP contribution < -0.4 is 9.30 Å². The zero-order valence-corrected chi connectivity index (χ0v) is 21.5. The summed E-state index contributed by atoms with van der Waals surface area (Å²) in [6.45, 7) is 2.49. The number of para-hydroxylation sites is 1. The average Bonchev–Trinajstić information content (AvgIpc) is 2.92. The molecule has 0 bridgehead atoms. The van der Waals surface area contributed by atoms with Crippen molar-refractivity contribution in [2.24, 2.45) is 0 Å². The zero-order valence-electron chi connectivity index (χ0n) is 21.5. The lowest BCUT2D eigenvalue weighted by atomic mass is 10.0. The predicted octanol–water partition coefficient (Wildman–Crippen LogP) is 8.49. The monoisotopic (exact) mass is 480 g/mol. The Bertz CT molecular complexity index is 1230. The maximum atomic E-state index is 13.0. The number of benzene rings is 3. The van der Waals surface area contributed by atoms with E-state index in [-0.39, 0.29) is 12.3 Å². The molecule has 3 nitrogen and oxygen atoms in total. The third-order valence-electron chi connectivity index (χ3n) is 6.76. The molecule has 0 spiro atoms. The number of aryl methyl sites for hydroxylation is 1. The summed E-state index contributed by atoms with van der Waals surface area (Å²) in [6.07, 6.45) is 11.8. The fraction of sp³-hybridized carbons (Fsp3) is 0.333. The number of rotatable bonds is 14. The molecule has 36 heavy (non-hydrogen) atoms. The summed E-state index contributed by atoms with van der Waals surface area (Å²) in [4.78, 5) is 13.0. The van der Waals surface area contributed by atoms with Gasteiger partial charge in [-0.2, -0.15) is 4.57 Å². The highest BCUT2D eigenvalue weighted by Crippen LogP contribution is 2.23. The summed E-state index contributed by atoms with van der Waals surface area (Å²) < 4.78 is 8.28. The summed E-state index contributed by atoms with van der Waals surface area (Å²) in [7, 11) is 0. The molecule has 0 aliphatic heterocycles. The Morgan fingerprint density at radius 3 is 2.11 bits per heavy atom. The predicted molar refractivity (Wildman–Crippen MR) is 148 cm³/mol. The fourth-order valence-electron chi connectivity index (χ4n) is 4.66. The Hall–Kier alpha value is -3.46. The molecule has 0 unspecified atom stereocenters. The van der Waals surface area contributed by atoms with E-state index >= 15 is 0 Å². The van der Waals surface area contributed by atoms with Crippen LogP contribution in [-0.2, 0) is 13.0 Å². The number of pyridine rings is 1. The second-order valence-corrected chi connectivity index (χ2v) is 9.58. The minimum Gasteiger partial charge on any atom is -0.405 e. The molecule has 0 N–H and O–H groups in total. The van der Waals surface area contributed by atoms with Gasteiger partial charge in [-0.15, -0.1) is 0 Å². The van der Waals surface area contributed by atoms with Crippen LogP contribution in [0.5, 0.6) is 11.6 Å². The number of nitrogens with zero attached hydrogens (tertiary/aromatic N) is 1. The Morgan fingerprint density at radius 1 is 0.694 bits per heavy atom. The van der Waals surface area contributed by atoms with E-state index in [4.69, 9.17) is 4.74 Å².